The van der Waals surface area contributed by atoms with E-state index in [0.717, 1.165) is 25.5 Å². The van der Waals surface area contributed by atoms with Crippen molar-refractivity contribution < 1.29 is 9.53 Å². The Kier molecular flexibility index (Phi) is 5.68. The number of hydrogen-bond donors (Lipinski definition) is 1. The molecule has 0 aliphatic carbocycles. The number of nitrogens with zero attached hydrogens (tertiary/aromatic N) is 5. The van der Waals surface area contributed by atoms with Gasteiger partial charge in [0.25, 0.3) is 0 Å². The molecule has 0 aromatic carbocycles. The number of amides is 2. The standard InChI is InChI=1S/C16H28N6O2/c1-13(10-21-6-4-3-5-7-21)18-16(23)22-8-9-24-14(11-22)15-19-17-12-20(15)2/h12-14H,3-11H2,1-2H3,(H,18,23)/t13-,14+/m0/s1. The maximum atomic E-state index is 12.5. The largest absolute Gasteiger partial charge is 0.366 e. The number of nitrogens with one attached hydrogen (secondary N) is 1. The van der Waals surface area contributed by atoms with Crippen molar-refractivity contribution in [3.8, 4) is 0 Å². The quantitative estimate of drug-likeness (QED) is 0.879. The molecule has 2 amide bonds. The monoisotopic (exact) mass is 336 g/mol. The molecule has 3 rings (SSSR count). The van der Waals surface area contributed by atoms with E-state index in [9.17, 15) is 4.79 Å². The molecule has 2 aliphatic rings. The summed E-state index contributed by atoms with van der Waals surface area (Å²) in [6.45, 7) is 6.92. The second-order valence-corrected chi connectivity index (χ2v) is 6.82. The highest BCUT2D eigenvalue weighted by molar-refractivity contribution is 5.74. The normalized spacial score (nSPS) is 23.9. The van der Waals surface area contributed by atoms with Crippen LogP contribution in [0.4, 0.5) is 4.79 Å². The van der Waals surface area contributed by atoms with Crippen LogP contribution in [0, 0.1) is 0 Å². The molecule has 8 nitrogen and oxygen atoms in total. The molecule has 1 N–H and O–H groups in total. The average Bonchev–Trinajstić information content (AvgIpc) is 3.02. The Bertz CT molecular complexity index is 542. The van der Waals surface area contributed by atoms with E-state index in [2.05, 4.69) is 27.3 Å². The van der Waals surface area contributed by atoms with Crippen molar-refractivity contribution in [3.63, 3.8) is 0 Å². The predicted octanol–water partition coefficient (Wildman–Crippen LogP) is 0.772. The van der Waals surface area contributed by atoms with Crippen LogP contribution < -0.4 is 5.32 Å². The van der Waals surface area contributed by atoms with Crippen molar-refractivity contribution in [2.45, 2.75) is 38.3 Å². The summed E-state index contributed by atoms with van der Waals surface area (Å²) in [5.41, 5.74) is 0. The van der Waals surface area contributed by atoms with Crippen molar-refractivity contribution >= 4 is 6.03 Å². The number of aromatic nitrogens is 3. The predicted molar refractivity (Wildman–Crippen MR) is 89.6 cm³/mol. The molecule has 2 atom stereocenters. The molecule has 3 heterocycles. The van der Waals surface area contributed by atoms with Gasteiger partial charge in [-0.2, -0.15) is 0 Å². The van der Waals surface area contributed by atoms with Crippen molar-refractivity contribution in [2.75, 3.05) is 39.3 Å². The Morgan fingerprint density at radius 2 is 2.17 bits per heavy atom. The van der Waals surface area contributed by atoms with Crippen molar-refractivity contribution in [1.29, 1.82) is 0 Å². The summed E-state index contributed by atoms with van der Waals surface area (Å²) in [5.74, 6) is 0.758. The van der Waals surface area contributed by atoms with E-state index in [1.807, 2.05) is 16.5 Å². The van der Waals surface area contributed by atoms with Gasteiger partial charge in [-0.1, -0.05) is 6.42 Å². The van der Waals surface area contributed by atoms with Crippen LogP contribution in [-0.2, 0) is 11.8 Å². The van der Waals surface area contributed by atoms with Crippen LogP contribution in [-0.4, -0.2) is 76.0 Å². The number of piperidine rings is 1. The zero-order chi connectivity index (χ0) is 16.9. The molecule has 24 heavy (non-hydrogen) atoms. The zero-order valence-electron chi connectivity index (χ0n) is 14.6. The number of carbonyl (C=O) groups excluding carboxylic acids is 1. The molecule has 0 saturated carbocycles. The molecular formula is C16H28N6O2. The molecule has 2 aliphatic heterocycles. The Balaban J connectivity index is 1.49. The van der Waals surface area contributed by atoms with E-state index in [4.69, 9.17) is 4.74 Å². The van der Waals surface area contributed by atoms with E-state index in [-0.39, 0.29) is 18.2 Å². The topological polar surface area (TPSA) is 75.5 Å². The first-order chi connectivity index (χ1) is 11.6. The summed E-state index contributed by atoms with van der Waals surface area (Å²) in [5, 5.41) is 11.1. The molecule has 2 fully saturated rings. The van der Waals surface area contributed by atoms with Gasteiger partial charge in [0.1, 0.15) is 12.4 Å². The number of rotatable bonds is 4. The highest BCUT2D eigenvalue weighted by Gasteiger charge is 2.29. The smallest absolute Gasteiger partial charge is 0.317 e. The fourth-order valence-corrected chi connectivity index (χ4v) is 3.45. The molecule has 0 spiro atoms. The van der Waals surface area contributed by atoms with Gasteiger partial charge in [0.05, 0.1) is 13.2 Å². The highest BCUT2D eigenvalue weighted by Crippen LogP contribution is 2.19. The zero-order valence-corrected chi connectivity index (χ0v) is 14.6. The minimum Gasteiger partial charge on any atom is -0.366 e. The number of carbonyl (C=O) groups is 1. The highest BCUT2D eigenvalue weighted by atomic mass is 16.5. The number of ether oxygens (including phenoxy) is 1. The summed E-state index contributed by atoms with van der Waals surface area (Å²) in [7, 11) is 1.89. The van der Waals surface area contributed by atoms with Crippen LogP contribution in [0.15, 0.2) is 6.33 Å². The second-order valence-electron chi connectivity index (χ2n) is 6.82. The first-order valence-electron chi connectivity index (χ1n) is 8.87. The molecule has 8 heteroatoms. The van der Waals surface area contributed by atoms with Crippen LogP contribution in [0.3, 0.4) is 0 Å². The third-order valence-corrected chi connectivity index (χ3v) is 4.74. The minimum absolute atomic E-state index is 0.0185. The van der Waals surface area contributed by atoms with Gasteiger partial charge in [0.2, 0.25) is 0 Å². The summed E-state index contributed by atoms with van der Waals surface area (Å²) in [4.78, 5) is 16.8. The Morgan fingerprint density at radius 1 is 1.38 bits per heavy atom. The molecule has 2 saturated heterocycles. The van der Waals surface area contributed by atoms with Gasteiger partial charge >= 0.3 is 6.03 Å². The molecular weight excluding hydrogens is 308 g/mol. The lowest BCUT2D eigenvalue weighted by Crippen LogP contribution is -2.52. The number of urea groups is 1. The Morgan fingerprint density at radius 3 is 2.88 bits per heavy atom. The number of morpholine rings is 1. The van der Waals surface area contributed by atoms with E-state index in [1.54, 1.807) is 6.33 Å². The molecule has 0 unspecified atom stereocenters. The number of likely N-dealkylation sites (tertiary alicyclic amines) is 1. The van der Waals surface area contributed by atoms with Crippen molar-refractivity contribution in [1.82, 2.24) is 29.9 Å². The van der Waals surface area contributed by atoms with Gasteiger partial charge in [-0.15, -0.1) is 10.2 Å². The van der Waals surface area contributed by atoms with Crippen LogP contribution in [0.2, 0.25) is 0 Å². The van der Waals surface area contributed by atoms with Crippen LogP contribution >= 0.6 is 0 Å². The van der Waals surface area contributed by atoms with E-state index >= 15 is 0 Å². The van der Waals surface area contributed by atoms with Gasteiger partial charge in [-0.05, 0) is 32.9 Å². The lowest BCUT2D eigenvalue weighted by atomic mass is 10.1. The molecule has 1 aromatic heterocycles. The molecule has 0 radical (unpaired) electrons. The molecule has 0 bridgehead atoms. The van der Waals surface area contributed by atoms with E-state index < -0.39 is 0 Å². The Labute approximate surface area is 143 Å². The van der Waals surface area contributed by atoms with Gasteiger partial charge in [-0.3, -0.25) is 0 Å². The number of hydrogen-bond acceptors (Lipinski definition) is 5. The molecule has 1 aromatic rings. The molecule has 134 valence electrons. The summed E-state index contributed by atoms with van der Waals surface area (Å²) in [6, 6.07) is 0.127. The van der Waals surface area contributed by atoms with Crippen LogP contribution in [0.25, 0.3) is 0 Å². The maximum absolute atomic E-state index is 12.5. The lowest BCUT2D eigenvalue weighted by Gasteiger charge is -2.34. The fraction of sp³-hybridized carbons (Fsp3) is 0.812. The van der Waals surface area contributed by atoms with Crippen LogP contribution in [0.1, 0.15) is 38.1 Å². The first-order valence-corrected chi connectivity index (χ1v) is 8.87. The summed E-state index contributed by atoms with van der Waals surface area (Å²) >= 11 is 0. The summed E-state index contributed by atoms with van der Waals surface area (Å²) < 4.78 is 7.60. The first kappa shape index (κ1) is 17.2. The second kappa shape index (κ2) is 7.94. The third kappa shape index (κ3) is 4.24. The van der Waals surface area contributed by atoms with Crippen molar-refractivity contribution in [3.05, 3.63) is 12.2 Å². The van der Waals surface area contributed by atoms with Gasteiger partial charge in [0.15, 0.2) is 5.82 Å². The van der Waals surface area contributed by atoms with Gasteiger partial charge in [-0.25, -0.2) is 4.79 Å². The number of aryl methyl sites for hydroxylation is 1. The maximum Gasteiger partial charge on any atom is 0.317 e. The third-order valence-electron chi connectivity index (χ3n) is 4.74. The van der Waals surface area contributed by atoms with Gasteiger partial charge < -0.3 is 24.4 Å². The fourth-order valence-electron chi connectivity index (χ4n) is 3.45. The van der Waals surface area contributed by atoms with E-state index in [1.165, 1.54) is 19.3 Å². The lowest BCUT2D eigenvalue weighted by molar-refractivity contribution is -0.0218. The summed E-state index contributed by atoms with van der Waals surface area (Å²) in [6.07, 6.45) is 5.30. The van der Waals surface area contributed by atoms with E-state index in [0.29, 0.717) is 19.7 Å². The van der Waals surface area contributed by atoms with Crippen molar-refractivity contribution in [2.24, 2.45) is 7.05 Å². The SMILES string of the molecule is C[C@@H](CN1CCCCC1)NC(=O)N1CCO[C@@H](c2nncn2C)C1. The van der Waals surface area contributed by atoms with Gasteiger partial charge in [0, 0.05) is 26.2 Å². The minimum atomic E-state index is -0.214. The Hall–Kier alpha value is -1.67. The average molecular weight is 336 g/mol. The van der Waals surface area contributed by atoms with Crippen LogP contribution in [0.5, 0.6) is 0 Å².